The summed E-state index contributed by atoms with van der Waals surface area (Å²) >= 11 is 0. The summed E-state index contributed by atoms with van der Waals surface area (Å²) in [6, 6.07) is 4.53. The Kier molecular flexibility index (Phi) is 4.99. The topological polar surface area (TPSA) is 66.4 Å². The quantitative estimate of drug-likeness (QED) is 0.845. The fraction of sp³-hybridized carbons (Fsp3) is 0.529. The first-order valence-electron chi connectivity index (χ1n) is 7.56. The molecule has 0 bridgehead atoms. The van der Waals surface area contributed by atoms with Gasteiger partial charge in [0.05, 0.1) is 0 Å². The highest BCUT2D eigenvalue weighted by atomic mass is 16.4. The zero-order valence-electron chi connectivity index (χ0n) is 12.7. The third-order valence-corrected chi connectivity index (χ3v) is 4.42. The Bertz CT molecular complexity index is 535. The molecule has 114 valence electrons. The smallest absolute Gasteiger partial charge is 0.330 e. The second-order valence-corrected chi connectivity index (χ2v) is 6.02. The number of carbonyl (C=O) groups is 2. The van der Waals surface area contributed by atoms with Crippen LogP contribution in [0, 0.1) is 19.8 Å². The van der Waals surface area contributed by atoms with Gasteiger partial charge in [-0.3, -0.25) is 4.79 Å². The average Bonchev–Trinajstić information content (AvgIpc) is 2.37. The molecule has 1 aliphatic rings. The molecule has 1 aromatic rings. The first-order valence-corrected chi connectivity index (χ1v) is 7.56. The molecule has 1 amide bonds. The maximum atomic E-state index is 12.0. The molecule has 0 spiro atoms. The number of carboxylic acid groups (broad SMARTS) is 1. The zero-order chi connectivity index (χ0) is 15.4. The summed E-state index contributed by atoms with van der Waals surface area (Å²) in [5, 5.41) is 12.0. The van der Waals surface area contributed by atoms with Crippen molar-refractivity contribution >= 4 is 11.9 Å². The van der Waals surface area contributed by atoms with Crippen molar-refractivity contribution in [1.29, 1.82) is 0 Å². The first kappa shape index (κ1) is 15.5. The molecule has 1 atom stereocenters. The molecule has 1 aliphatic carbocycles. The van der Waals surface area contributed by atoms with Crippen molar-refractivity contribution in [3.63, 3.8) is 0 Å². The summed E-state index contributed by atoms with van der Waals surface area (Å²) in [5.41, 5.74) is 2.77. The molecule has 1 fully saturated rings. The Morgan fingerprint density at radius 2 is 2.00 bits per heavy atom. The standard InChI is InChI=1S/C17H23NO3/c1-11-6-8-14(10-12(11)2)16(17(20)21)18-15(19)9-7-13-4-3-5-13/h6,8,10,13,16H,3-5,7,9H2,1-2H3,(H,18,19)(H,20,21). The van der Waals surface area contributed by atoms with E-state index in [0.29, 0.717) is 17.9 Å². The van der Waals surface area contributed by atoms with E-state index in [1.165, 1.54) is 19.3 Å². The Morgan fingerprint density at radius 3 is 2.52 bits per heavy atom. The van der Waals surface area contributed by atoms with Crippen LogP contribution in [0.2, 0.25) is 0 Å². The monoisotopic (exact) mass is 289 g/mol. The molecule has 2 N–H and O–H groups in total. The van der Waals surface area contributed by atoms with E-state index in [1.54, 1.807) is 6.07 Å². The third-order valence-electron chi connectivity index (χ3n) is 4.42. The van der Waals surface area contributed by atoms with Crippen LogP contribution in [0.4, 0.5) is 0 Å². The number of rotatable bonds is 6. The van der Waals surface area contributed by atoms with Crippen LogP contribution in [-0.2, 0) is 9.59 Å². The molecular formula is C17H23NO3. The number of carboxylic acids is 1. The average molecular weight is 289 g/mol. The van der Waals surface area contributed by atoms with E-state index in [-0.39, 0.29) is 5.91 Å². The molecule has 1 aromatic carbocycles. The number of benzene rings is 1. The lowest BCUT2D eigenvalue weighted by Crippen LogP contribution is -2.34. The van der Waals surface area contributed by atoms with Gasteiger partial charge in [0.25, 0.3) is 0 Å². The highest BCUT2D eigenvalue weighted by Crippen LogP contribution is 2.30. The van der Waals surface area contributed by atoms with Crippen LogP contribution in [0.1, 0.15) is 54.8 Å². The number of hydrogen-bond acceptors (Lipinski definition) is 2. The Hall–Kier alpha value is -1.84. The highest BCUT2D eigenvalue weighted by molar-refractivity contribution is 5.84. The van der Waals surface area contributed by atoms with Crippen LogP contribution in [0.25, 0.3) is 0 Å². The van der Waals surface area contributed by atoms with Crippen molar-refractivity contribution in [3.8, 4) is 0 Å². The van der Waals surface area contributed by atoms with Crippen molar-refractivity contribution in [1.82, 2.24) is 5.32 Å². The summed E-state index contributed by atoms with van der Waals surface area (Å²) in [4.78, 5) is 23.4. The summed E-state index contributed by atoms with van der Waals surface area (Å²) in [5.74, 6) is -0.538. The van der Waals surface area contributed by atoms with E-state index in [2.05, 4.69) is 5.32 Å². The number of carbonyl (C=O) groups excluding carboxylic acids is 1. The van der Waals surface area contributed by atoms with Gasteiger partial charge in [-0.25, -0.2) is 4.79 Å². The van der Waals surface area contributed by atoms with Crippen LogP contribution < -0.4 is 5.32 Å². The minimum absolute atomic E-state index is 0.174. The molecule has 1 unspecified atom stereocenters. The van der Waals surface area contributed by atoms with Crippen LogP contribution in [0.15, 0.2) is 18.2 Å². The molecule has 1 saturated carbocycles. The lowest BCUT2D eigenvalue weighted by molar-refractivity contribution is -0.142. The van der Waals surface area contributed by atoms with Crippen molar-refractivity contribution in [2.24, 2.45) is 5.92 Å². The van der Waals surface area contributed by atoms with Crippen molar-refractivity contribution < 1.29 is 14.7 Å². The molecule has 4 heteroatoms. The highest BCUT2D eigenvalue weighted by Gasteiger charge is 2.24. The van der Waals surface area contributed by atoms with E-state index < -0.39 is 12.0 Å². The lowest BCUT2D eigenvalue weighted by Gasteiger charge is -2.25. The predicted molar refractivity (Wildman–Crippen MR) is 81.0 cm³/mol. The minimum atomic E-state index is -1.02. The SMILES string of the molecule is Cc1ccc(C(NC(=O)CCC2CCC2)C(=O)O)cc1C. The van der Waals surface area contributed by atoms with Gasteiger partial charge in [0.1, 0.15) is 0 Å². The largest absolute Gasteiger partial charge is 0.479 e. The van der Waals surface area contributed by atoms with Gasteiger partial charge in [-0.2, -0.15) is 0 Å². The van der Waals surface area contributed by atoms with Crippen molar-refractivity contribution in [2.45, 2.75) is 52.0 Å². The van der Waals surface area contributed by atoms with E-state index in [4.69, 9.17) is 0 Å². The van der Waals surface area contributed by atoms with Crippen LogP contribution in [0.3, 0.4) is 0 Å². The number of aliphatic carboxylic acids is 1. The summed E-state index contributed by atoms with van der Waals surface area (Å²) in [7, 11) is 0. The van der Waals surface area contributed by atoms with Crippen molar-refractivity contribution in [2.75, 3.05) is 0 Å². The Labute approximate surface area is 125 Å². The van der Waals surface area contributed by atoms with Gasteiger partial charge in [0.2, 0.25) is 5.91 Å². The van der Waals surface area contributed by atoms with Crippen LogP contribution in [0.5, 0.6) is 0 Å². The maximum Gasteiger partial charge on any atom is 0.330 e. The molecule has 0 radical (unpaired) electrons. The molecule has 21 heavy (non-hydrogen) atoms. The molecule has 0 aliphatic heterocycles. The van der Waals surface area contributed by atoms with Crippen LogP contribution >= 0.6 is 0 Å². The molecule has 2 rings (SSSR count). The summed E-state index contributed by atoms with van der Waals surface area (Å²) < 4.78 is 0. The predicted octanol–water partition coefficient (Wildman–Crippen LogP) is 3.13. The fourth-order valence-electron chi connectivity index (χ4n) is 2.58. The number of nitrogens with one attached hydrogen (secondary N) is 1. The maximum absolute atomic E-state index is 12.0. The van der Waals surface area contributed by atoms with Gasteiger partial charge in [-0.1, -0.05) is 37.5 Å². The second-order valence-electron chi connectivity index (χ2n) is 6.02. The number of amides is 1. The van der Waals surface area contributed by atoms with Crippen LogP contribution in [-0.4, -0.2) is 17.0 Å². The molecular weight excluding hydrogens is 266 g/mol. The van der Waals surface area contributed by atoms with Gasteiger partial charge in [0.15, 0.2) is 6.04 Å². The minimum Gasteiger partial charge on any atom is -0.479 e. The Balaban J connectivity index is 1.99. The van der Waals surface area contributed by atoms with Gasteiger partial charge >= 0.3 is 5.97 Å². The van der Waals surface area contributed by atoms with Gasteiger partial charge in [-0.05, 0) is 42.9 Å². The molecule has 0 saturated heterocycles. The number of hydrogen-bond donors (Lipinski definition) is 2. The van der Waals surface area contributed by atoms with E-state index >= 15 is 0 Å². The fourth-order valence-corrected chi connectivity index (χ4v) is 2.58. The molecule has 0 aromatic heterocycles. The molecule has 4 nitrogen and oxygen atoms in total. The first-order chi connectivity index (χ1) is 9.97. The number of aryl methyl sites for hydroxylation is 2. The van der Waals surface area contributed by atoms with Crippen molar-refractivity contribution in [3.05, 3.63) is 34.9 Å². The Morgan fingerprint density at radius 1 is 1.29 bits per heavy atom. The zero-order valence-corrected chi connectivity index (χ0v) is 12.7. The van der Waals surface area contributed by atoms with Gasteiger partial charge in [0, 0.05) is 6.42 Å². The summed E-state index contributed by atoms with van der Waals surface area (Å²) in [6.45, 7) is 3.92. The third kappa shape index (κ3) is 4.06. The van der Waals surface area contributed by atoms with E-state index in [0.717, 1.165) is 17.5 Å². The summed E-state index contributed by atoms with van der Waals surface area (Å²) in [6.07, 6.45) is 4.94. The second kappa shape index (κ2) is 6.74. The van der Waals surface area contributed by atoms with E-state index in [1.807, 2.05) is 26.0 Å². The lowest BCUT2D eigenvalue weighted by atomic mass is 9.82. The molecule has 0 heterocycles. The normalized spacial score (nSPS) is 16.1. The van der Waals surface area contributed by atoms with Gasteiger partial charge in [-0.15, -0.1) is 0 Å². The van der Waals surface area contributed by atoms with Gasteiger partial charge < -0.3 is 10.4 Å². The van der Waals surface area contributed by atoms with E-state index in [9.17, 15) is 14.7 Å².